The van der Waals surface area contributed by atoms with Crippen LogP contribution in [0.1, 0.15) is 18.1 Å². The van der Waals surface area contributed by atoms with E-state index >= 15 is 0 Å². The molecule has 0 fully saturated rings. The van der Waals surface area contributed by atoms with E-state index in [0.717, 1.165) is 11.1 Å². The molecule has 0 aliphatic rings. The standard InChI is InChI=1S/C11H13ClO2/c1-3-14-11(13)7-9-5-4-6-10(12)8(9)2/h4-6H,3,7H2,1-2H3. The van der Waals surface area contributed by atoms with Gasteiger partial charge in [0, 0.05) is 5.02 Å². The van der Waals surface area contributed by atoms with Crippen molar-refractivity contribution in [1.29, 1.82) is 0 Å². The van der Waals surface area contributed by atoms with Crippen molar-refractivity contribution >= 4 is 17.6 Å². The van der Waals surface area contributed by atoms with Gasteiger partial charge in [-0.2, -0.15) is 0 Å². The normalized spacial score (nSPS) is 9.93. The van der Waals surface area contributed by atoms with Gasteiger partial charge in [-0.1, -0.05) is 23.7 Å². The third-order valence-electron chi connectivity index (χ3n) is 2.02. The van der Waals surface area contributed by atoms with Gasteiger partial charge in [-0.05, 0) is 31.0 Å². The molecule has 3 heteroatoms. The number of carbonyl (C=O) groups excluding carboxylic acids is 1. The predicted molar refractivity (Wildman–Crippen MR) is 56.5 cm³/mol. The largest absolute Gasteiger partial charge is 0.466 e. The van der Waals surface area contributed by atoms with Gasteiger partial charge < -0.3 is 4.74 Å². The SMILES string of the molecule is CCOC(=O)Cc1cccc(Cl)c1C. The number of hydrogen-bond donors (Lipinski definition) is 0. The lowest BCUT2D eigenvalue weighted by atomic mass is 10.1. The van der Waals surface area contributed by atoms with Gasteiger partial charge in [0.15, 0.2) is 0 Å². The fourth-order valence-corrected chi connectivity index (χ4v) is 1.41. The predicted octanol–water partition coefficient (Wildman–Crippen LogP) is 2.75. The Morgan fingerprint density at radius 3 is 2.86 bits per heavy atom. The average molecular weight is 213 g/mol. The highest BCUT2D eigenvalue weighted by atomic mass is 35.5. The Labute approximate surface area is 88.8 Å². The van der Waals surface area contributed by atoms with Crippen molar-refractivity contribution in [3.8, 4) is 0 Å². The highest BCUT2D eigenvalue weighted by Gasteiger charge is 2.07. The monoisotopic (exact) mass is 212 g/mol. The van der Waals surface area contributed by atoms with Crippen molar-refractivity contribution in [1.82, 2.24) is 0 Å². The highest BCUT2D eigenvalue weighted by molar-refractivity contribution is 6.31. The van der Waals surface area contributed by atoms with Gasteiger partial charge in [0.1, 0.15) is 0 Å². The van der Waals surface area contributed by atoms with Crippen LogP contribution in [0.4, 0.5) is 0 Å². The maximum absolute atomic E-state index is 11.2. The van der Waals surface area contributed by atoms with Crippen molar-refractivity contribution in [3.05, 3.63) is 34.3 Å². The van der Waals surface area contributed by atoms with Crippen molar-refractivity contribution in [2.75, 3.05) is 6.61 Å². The van der Waals surface area contributed by atoms with Crippen LogP contribution in [-0.2, 0) is 16.0 Å². The summed E-state index contributed by atoms with van der Waals surface area (Å²) in [7, 11) is 0. The second-order valence-corrected chi connectivity index (χ2v) is 3.41. The fourth-order valence-electron chi connectivity index (χ4n) is 1.21. The molecule has 0 spiro atoms. The molecule has 0 saturated heterocycles. The molecular weight excluding hydrogens is 200 g/mol. The van der Waals surface area contributed by atoms with Gasteiger partial charge in [0.05, 0.1) is 13.0 Å². The van der Waals surface area contributed by atoms with Crippen LogP contribution < -0.4 is 0 Å². The number of benzene rings is 1. The molecule has 1 rings (SSSR count). The van der Waals surface area contributed by atoms with E-state index in [1.54, 1.807) is 6.92 Å². The Balaban J connectivity index is 2.76. The first-order valence-corrected chi connectivity index (χ1v) is 4.92. The maximum atomic E-state index is 11.2. The minimum absolute atomic E-state index is 0.210. The molecule has 0 unspecified atom stereocenters. The van der Waals surface area contributed by atoms with Gasteiger partial charge in [-0.3, -0.25) is 4.79 Å². The van der Waals surface area contributed by atoms with Gasteiger partial charge in [-0.15, -0.1) is 0 Å². The first kappa shape index (κ1) is 11.1. The number of carbonyl (C=O) groups is 1. The van der Waals surface area contributed by atoms with Gasteiger partial charge in [-0.25, -0.2) is 0 Å². The lowest BCUT2D eigenvalue weighted by Gasteiger charge is -2.06. The van der Waals surface area contributed by atoms with Crippen molar-refractivity contribution in [2.24, 2.45) is 0 Å². The van der Waals surface area contributed by atoms with Crippen molar-refractivity contribution in [2.45, 2.75) is 20.3 Å². The number of rotatable bonds is 3. The molecular formula is C11H13ClO2. The summed E-state index contributed by atoms with van der Waals surface area (Å²) in [6.45, 7) is 4.11. The number of ether oxygens (including phenoxy) is 1. The molecule has 0 bridgehead atoms. The molecule has 0 heterocycles. The first-order valence-electron chi connectivity index (χ1n) is 4.54. The van der Waals surface area contributed by atoms with E-state index in [1.165, 1.54) is 0 Å². The maximum Gasteiger partial charge on any atom is 0.310 e. The van der Waals surface area contributed by atoms with Crippen molar-refractivity contribution in [3.63, 3.8) is 0 Å². The summed E-state index contributed by atoms with van der Waals surface area (Å²) in [4.78, 5) is 11.2. The summed E-state index contributed by atoms with van der Waals surface area (Å²) in [6, 6.07) is 5.54. The van der Waals surface area contributed by atoms with Crippen LogP contribution in [0.5, 0.6) is 0 Å². The summed E-state index contributed by atoms with van der Waals surface area (Å²) in [5.74, 6) is -0.210. The van der Waals surface area contributed by atoms with E-state index < -0.39 is 0 Å². The molecule has 0 atom stereocenters. The highest BCUT2D eigenvalue weighted by Crippen LogP contribution is 2.19. The van der Waals surface area contributed by atoms with Gasteiger partial charge in [0.25, 0.3) is 0 Å². The van der Waals surface area contributed by atoms with Gasteiger partial charge >= 0.3 is 5.97 Å². The summed E-state index contributed by atoms with van der Waals surface area (Å²) < 4.78 is 4.86. The van der Waals surface area contributed by atoms with Crippen LogP contribution in [0.25, 0.3) is 0 Å². The molecule has 0 aliphatic carbocycles. The van der Waals surface area contributed by atoms with Crippen LogP contribution >= 0.6 is 11.6 Å². The topological polar surface area (TPSA) is 26.3 Å². The van der Waals surface area contributed by atoms with Crippen LogP contribution in [0, 0.1) is 6.92 Å². The fraction of sp³-hybridized carbons (Fsp3) is 0.364. The summed E-state index contributed by atoms with van der Waals surface area (Å²) in [5.41, 5.74) is 1.87. The molecule has 1 aromatic carbocycles. The summed E-state index contributed by atoms with van der Waals surface area (Å²) in [6.07, 6.45) is 0.292. The van der Waals surface area contributed by atoms with E-state index in [1.807, 2.05) is 25.1 Å². The van der Waals surface area contributed by atoms with Gasteiger partial charge in [0.2, 0.25) is 0 Å². The van der Waals surface area contributed by atoms with E-state index in [0.29, 0.717) is 18.1 Å². The third kappa shape index (κ3) is 2.74. The zero-order chi connectivity index (χ0) is 10.6. The summed E-state index contributed by atoms with van der Waals surface area (Å²) in [5, 5.41) is 0.687. The second kappa shape index (κ2) is 5.01. The van der Waals surface area contributed by atoms with Crippen LogP contribution in [0.15, 0.2) is 18.2 Å². The molecule has 0 aromatic heterocycles. The molecule has 14 heavy (non-hydrogen) atoms. The molecule has 76 valence electrons. The van der Waals surface area contributed by atoms with E-state index in [9.17, 15) is 4.79 Å². The van der Waals surface area contributed by atoms with Crippen LogP contribution in [0.2, 0.25) is 5.02 Å². The zero-order valence-electron chi connectivity index (χ0n) is 8.34. The number of esters is 1. The van der Waals surface area contributed by atoms with Crippen LogP contribution in [-0.4, -0.2) is 12.6 Å². The number of halogens is 1. The molecule has 0 radical (unpaired) electrons. The first-order chi connectivity index (χ1) is 6.65. The van der Waals surface area contributed by atoms with E-state index in [-0.39, 0.29) is 5.97 Å². The Morgan fingerprint density at radius 2 is 2.21 bits per heavy atom. The molecule has 0 saturated carbocycles. The van der Waals surface area contributed by atoms with Crippen molar-refractivity contribution < 1.29 is 9.53 Å². The molecule has 1 aromatic rings. The Hall–Kier alpha value is -1.02. The Bertz CT molecular complexity index is 334. The molecule has 0 N–H and O–H groups in total. The van der Waals surface area contributed by atoms with Crippen LogP contribution in [0.3, 0.4) is 0 Å². The lowest BCUT2D eigenvalue weighted by molar-refractivity contribution is -0.142. The zero-order valence-corrected chi connectivity index (χ0v) is 9.10. The molecule has 0 aliphatic heterocycles. The quantitative estimate of drug-likeness (QED) is 0.721. The number of hydrogen-bond acceptors (Lipinski definition) is 2. The third-order valence-corrected chi connectivity index (χ3v) is 2.43. The lowest BCUT2D eigenvalue weighted by Crippen LogP contribution is -2.08. The second-order valence-electron chi connectivity index (χ2n) is 3.01. The minimum Gasteiger partial charge on any atom is -0.466 e. The smallest absolute Gasteiger partial charge is 0.310 e. The average Bonchev–Trinajstić information content (AvgIpc) is 2.13. The van der Waals surface area contributed by atoms with E-state index in [4.69, 9.17) is 16.3 Å². The Morgan fingerprint density at radius 1 is 1.50 bits per heavy atom. The van der Waals surface area contributed by atoms with E-state index in [2.05, 4.69) is 0 Å². The minimum atomic E-state index is -0.210. The molecule has 2 nitrogen and oxygen atoms in total. The molecule has 0 amide bonds. The summed E-state index contributed by atoms with van der Waals surface area (Å²) >= 11 is 5.92. The Kier molecular flexibility index (Phi) is 3.96.